The summed E-state index contributed by atoms with van der Waals surface area (Å²) in [6.07, 6.45) is 0. The number of phenolic OH excluding ortho intramolecular Hbond substituents is 1. The molecule has 0 aliphatic carbocycles. The van der Waals surface area contributed by atoms with Crippen LogP contribution in [0.1, 0.15) is 0 Å². The number of hydrogen-bond donors (Lipinski definition) is 2. The minimum absolute atomic E-state index is 0.239. The minimum atomic E-state index is 0.239. The largest absolute Gasteiger partial charge is 0.508 e. The SMILES string of the molecule is Oc1ccc(Br)c(S)c1. The van der Waals surface area contributed by atoms with Crippen molar-refractivity contribution in [1.82, 2.24) is 0 Å². The lowest BCUT2D eigenvalue weighted by Crippen LogP contribution is -1.68. The zero-order chi connectivity index (χ0) is 6.85. The second-order valence-electron chi connectivity index (χ2n) is 1.64. The molecule has 9 heavy (non-hydrogen) atoms. The Bertz CT molecular complexity index is 224. The second-order valence-corrected chi connectivity index (χ2v) is 2.97. The molecule has 0 saturated heterocycles. The fourth-order valence-corrected chi connectivity index (χ4v) is 0.954. The van der Waals surface area contributed by atoms with E-state index >= 15 is 0 Å². The first-order valence-corrected chi connectivity index (χ1v) is 3.61. The van der Waals surface area contributed by atoms with Gasteiger partial charge in [0, 0.05) is 9.37 Å². The Kier molecular flexibility index (Phi) is 2.03. The van der Waals surface area contributed by atoms with Gasteiger partial charge in [-0.15, -0.1) is 12.6 Å². The Labute approximate surface area is 67.2 Å². The maximum absolute atomic E-state index is 8.87. The molecule has 0 unspecified atom stereocenters. The van der Waals surface area contributed by atoms with Gasteiger partial charge in [0.15, 0.2) is 0 Å². The van der Waals surface area contributed by atoms with Crippen molar-refractivity contribution in [2.45, 2.75) is 4.90 Å². The van der Waals surface area contributed by atoms with Crippen molar-refractivity contribution >= 4 is 28.6 Å². The predicted molar refractivity (Wildman–Crippen MR) is 43.1 cm³/mol. The van der Waals surface area contributed by atoms with Crippen molar-refractivity contribution in [2.75, 3.05) is 0 Å². The van der Waals surface area contributed by atoms with Crippen LogP contribution in [0.4, 0.5) is 0 Å². The number of rotatable bonds is 0. The molecular formula is C6H5BrOS. The summed E-state index contributed by atoms with van der Waals surface area (Å²) in [6, 6.07) is 4.93. The molecule has 0 aliphatic heterocycles. The Balaban J connectivity index is 3.17. The fourth-order valence-electron chi connectivity index (χ4n) is 0.501. The molecule has 0 amide bonds. The summed E-state index contributed by atoms with van der Waals surface area (Å²) in [5, 5.41) is 8.87. The molecule has 0 fully saturated rings. The van der Waals surface area contributed by atoms with Crippen LogP contribution in [0.15, 0.2) is 27.6 Å². The molecule has 0 saturated carbocycles. The fraction of sp³-hybridized carbons (Fsp3) is 0. The van der Waals surface area contributed by atoms with Crippen LogP contribution in [-0.2, 0) is 0 Å². The van der Waals surface area contributed by atoms with Gasteiger partial charge in [-0.3, -0.25) is 0 Å². The van der Waals surface area contributed by atoms with Crippen LogP contribution in [0.5, 0.6) is 5.75 Å². The third-order valence-electron chi connectivity index (χ3n) is 0.930. The Morgan fingerprint density at radius 3 is 2.56 bits per heavy atom. The summed E-state index contributed by atoms with van der Waals surface area (Å²) in [5.41, 5.74) is 0. The maximum atomic E-state index is 8.87. The van der Waals surface area contributed by atoms with Crippen molar-refractivity contribution in [1.29, 1.82) is 0 Å². The van der Waals surface area contributed by atoms with E-state index in [1.165, 1.54) is 0 Å². The molecule has 1 aromatic rings. The Morgan fingerprint density at radius 1 is 1.44 bits per heavy atom. The lowest BCUT2D eigenvalue weighted by molar-refractivity contribution is 0.473. The molecule has 1 aromatic carbocycles. The number of hydrogen-bond acceptors (Lipinski definition) is 2. The number of phenols is 1. The van der Waals surface area contributed by atoms with Crippen LogP contribution in [0.3, 0.4) is 0 Å². The number of aromatic hydroxyl groups is 1. The van der Waals surface area contributed by atoms with Crippen molar-refractivity contribution in [3.63, 3.8) is 0 Å². The van der Waals surface area contributed by atoms with Crippen LogP contribution < -0.4 is 0 Å². The molecule has 0 spiro atoms. The normalized spacial score (nSPS) is 9.56. The Morgan fingerprint density at radius 2 is 2.11 bits per heavy atom. The first-order chi connectivity index (χ1) is 4.20. The summed E-state index contributed by atoms with van der Waals surface area (Å²) in [7, 11) is 0. The van der Waals surface area contributed by atoms with Crippen molar-refractivity contribution < 1.29 is 5.11 Å². The molecule has 0 bridgehead atoms. The summed E-state index contributed by atoms with van der Waals surface area (Å²) in [6.45, 7) is 0. The molecule has 0 aliphatic rings. The third kappa shape index (κ3) is 1.63. The van der Waals surface area contributed by atoms with E-state index in [1.54, 1.807) is 18.2 Å². The lowest BCUT2D eigenvalue weighted by Gasteiger charge is -1.95. The van der Waals surface area contributed by atoms with Gasteiger partial charge in [-0.2, -0.15) is 0 Å². The van der Waals surface area contributed by atoms with E-state index in [0.29, 0.717) is 0 Å². The van der Waals surface area contributed by atoms with Gasteiger partial charge in [0.2, 0.25) is 0 Å². The number of benzene rings is 1. The molecule has 1 nitrogen and oxygen atoms in total. The number of thiol groups is 1. The maximum Gasteiger partial charge on any atom is 0.116 e. The van der Waals surface area contributed by atoms with E-state index in [9.17, 15) is 0 Å². The van der Waals surface area contributed by atoms with Crippen LogP contribution in [-0.4, -0.2) is 5.11 Å². The quantitative estimate of drug-likeness (QED) is 0.623. The van der Waals surface area contributed by atoms with Crippen molar-refractivity contribution in [2.24, 2.45) is 0 Å². The number of halogens is 1. The van der Waals surface area contributed by atoms with Crippen LogP contribution in [0.25, 0.3) is 0 Å². The van der Waals surface area contributed by atoms with Crippen LogP contribution >= 0.6 is 28.6 Å². The van der Waals surface area contributed by atoms with Gasteiger partial charge < -0.3 is 5.11 Å². The van der Waals surface area contributed by atoms with Crippen LogP contribution in [0.2, 0.25) is 0 Å². The van der Waals surface area contributed by atoms with Gasteiger partial charge in [-0.05, 0) is 34.1 Å². The average Bonchev–Trinajstić information content (AvgIpc) is 1.80. The monoisotopic (exact) mass is 204 g/mol. The highest BCUT2D eigenvalue weighted by Gasteiger charge is 1.93. The van der Waals surface area contributed by atoms with E-state index < -0.39 is 0 Å². The zero-order valence-corrected chi connectivity index (χ0v) is 6.98. The summed E-state index contributed by atoms with van der Waals surface area (Å²) < 4.78 is 0.892. The molecule has 3 heteroatoms. The minimum Gasteiger partial charge on any atom is -0.508 e. The summed E-state index contributed by atoms with van der Waals surface area (Å²) >= 11 is 7.30. The molecule has 1 N–H and O–H groups in total. The smallest absolute Gasteiger partial charge is 0.116 e. The molecule has 0 aromatic heterocycles. The topological polar surface area (TPSA) is 20.2 Å². The van der Waals surface area contributed by atoms with E-state index in [2.05, 4.69) is 28.6 Å². The molecular weight excluding hydrogens is 200 g/mol. The molecule has 1 rings (SSSR count). The van der Waals surface area contributed by atoms with E-state index in [-0.39, 0.29) is 5.75 Å². The highest BCUT2D eigenvalue weighted by Crippen LogP contribution is 2.23. The van der Waals surface area contributed by atoms with E-state index in [1.807, 2.05) is 0 Å². The predicted octanol–water partition coefficient (Wildman–Crippen LogP) is 2.44. The summed E-state index contributed by atoms with van der Waals surface area (Å²) in [4.78, 5) is 0.745. The third-order valence-corrected chi connectivity index (χ3v) is 2.30. The Hall–Kier alpha value is -0.150. The van der Waals surface area contributed by atoms with Gasteiger partial charge in [0.1, 0.15) is 5.75 Å². The highest BCUT2D eigenvalue weighted by molar-refractivity contribution is 9.10. The van der Waals surface area contributed by atoms with Crippen molar-refractivity contribution in [3.8, 4) is 5.75 Å². The van der Waals surface area contributed by atoms with Gasteiger partial charge in [0.05, 0.1) is 0 Å². The first-order valence-electron chi connectivity index (χ1n) is 2.37. The zero-order valence-electron chi connectivity index (χ0n) is 4.50. The second kappa shape index (κ2) is 2.62. The van der Waals surface area contributed by atoms with Gasteiger partial charge in [-0.25, -0.2) is 0 Å². The van der Waals surface area contributed by atoms with E-state index in [0.717, 1.165) is 9.37 Å². The summed E-state index contributed by atoms with van der Waals surface area (Å²) in [5.74, 6) is 0.239. The van der Waals surface area contributed by atoms with Gasteiger partial charge in [-0.1, -0.05) is 0 Å². The van der Waals surface area contributed by atoms with Crippen LogP contribution in [0, 0.1) is 0 Å². The molecule has 48 valence electrons. The van der Waals surface area contributed by atoms with Gasteiger partial charge >= 0.3 is 0 Å². The molecule has 0 heterocycles. The highest BCUT2D eigenvalue weighted by atomic mass is 79.9. The van der Waals surface area contributed by atoms with Crippen molar-refractivity contribution in [3.05, 3.63) is 22.7 Å². The average molecular weight is 205 g/mol. The molecule has 0 radical (unpaired) electrons. The first kappa shape index (κ1) is 6.96. The van der Waals surface area contributed by atoms with E-state index in [4.69, 9.17) is 5.11 Å². The van der Waals surface area contributed by atoms with Gasteiger partial charge in [0.25, 0.3) is 0 Å². The standard InChI is InChI=1S/C6H5BrOS/c7-5-2-1-4(8)3-6(5)9/h1-3,8-9H. The lowest BCUT2D eigenvalue weighted by atomic mass is 10.3. The molecule has 0 atom stereocenters.